The molecule has 0 aromatic heterocycles. The minimum Gasteiger partial charge on any atom is -0.352 e. The van der Waals surface area contributed by atoms with Gasteiger partial charge < -0.3 is 10.6 Å². The molecule has 3 aliphatic rings. The number of carbonyl (C=O) groups excluding carboxylic acids is 1. The van der Waals surface area contributed by atoms with Gasteiger partial charge in [-0.1, -0.05) is 0 Å². The summed E-state index contributed by atoms with van der Waals surface area (Å²) >= 11 is 0. The number of halogens is 2. The van der Waals surface area contributed by atoms with Crippen molar-refractivity contribution in [2.24, 2.45) is 5.92 Å². The first-order chi connectivity index (χ1) is 8.33. The van der Waals surface area contributed by atoms with Gasteiger partial charge in [-0.2, -0.15) is 0 Å². The van der Waals surface area contributed by atoms with Crippen molar-refractivity contribution in [3.63, 3.8) is 0 Å². The Labute approximate surface area is 127 Å². The van der Waals surface area contributed by atoms with Crippen LogP contribution in [0.2, 0.25) is 0 Å². The van der Waals surface area contributed by atoms with Crippen molar-refractivity contribution in [2.75, 3.05) is 26.2 Å². The Morgan fingerprint density at radius 3 is 2.58 bits per heavy atom. The van der Waals surface area contributed by atoms with Crippen molar-refractivity contribution in [3.8, 4) is 0 Å². The average molecular weight is 310 g/mol. The molecule has 0 spiro atoms. The number of nitrogens with one attached hydrogen (secondary N) is 2. The van der Waals surface area contributed by atoms with E-state index in [2.05, 4.69) is 15.5 Å². The Hall–Kier alpha value is -0.0300. The second kappa shape index (κ2) is 7.67. The van der Waals surface area contributed by atoms with Gasteiger partial charge in [0.05, 0.1) is 5.92 Å². The highest BCUT2D eigenvalue weighted by Crippen LogP contribution is 2.29. The van der Waals surface area contributed by atoms with Crippen LogP contribution in [0, 0.1) is 5.92 Å². The van der Waals surface area contributed by atoms with Crippen LogP contribution in [0.5, 0.6) is 0 Å². The zero-order chi connectivity index (χ0) is 11.7. The zero-order valence-corrected chi connectivity index (χ0v) is 12.9. The lowest BCUT2D eigenvalue weighted by atomic mass is 9.98. The fraction of sp³-hybridized carbons (Fsp3) is 0.923. The van der Waals surface area contributed by atoms with Gasteiger partial charge in [-0.15, -0.1) is 24.8 Å². The first kappa shape index (κ1) is 17.0. The maximum absolute atomic E-state index is 12.1. The normalized spacial score (nSPS) is 31.2. The minimum absolute atomic E-state index is 0. The van der Waals surface area contributed by atoms with Gasteiger partial charge in [0.25, 0.3) is 0 Å². The number of carbonyl (C=O) groups is 1. The highest BCUT2D eigenvalue weighted by atomic mass is 35.5. The third kappa shape index (κ3) is 4.48. The molecule has 112 valence electrons. The van der Waals surface area contributed by atoms with Gasteiger partial charge in [0.15, 0.2) is 0 Å². The molecule has 2 aliphatic heterocycles. The molecule has 0 radical (unpaired) electrons. The predicted octanol–water partition coefficient (Wildman–Crippen LogP) is 1.18. The van der Waals surface area contributed by atoms with Crippen molar-refractivity contribution in [1.29, 1.82) is 0 Å². The quantitative estimate of drug-likeness (QED) is 0.823. The van der Waals surface area contributed by atoms with Gasteiger partial charge in [-0.3, -0.25) is 9.69 Å². The molecule has 1 aliphatic carbocycles. The molecule has 2 N–H and O–H groups in total. The molecule has 0 bridgehead atoms. The van der Waals surface area contributed by atoms with Gasteiger partial charge in [0, 0.05) is 31.7 Å². The fourth-order valence-corrected chi connectivity index (χ4v) is 3.07. The lowest BCUT2D eigenvalue weighted by Crippen LogP contribution is -2.45. The van der Waals surface area contributed by atoms with Gasteiger partial charge in [0.2, 0.25) is 5.91 Å². The summed E-state index contributed by atoms with van der Waals surface area (Å²) in [4.78, 5) is 14.6. The number of amides is 1. The van der Waals surface area contributed by atoms with Crippen molar-refractivity contribution >= 4 is 30.7 Å². The van der Waals surface area contributed by atoms with Crippen LogP contribution in [0.25, 0.3) is 0 Å². The highest BCUT2D eigenvalue weighted by molar-refractivity contribution is 5.85. The molecule has 19 heavy (non-hydrogen) atoms. The summed E-state index contributed by atoms with van der Waals surface area (Å²) in [6, 6.07) is 1.25. The van der Waals surface area contributed by atoms with Crippen molar-refractivity contribution < 1.29 is 4.79 Å². The maximum Gasteiger partial charge on any atom is 0.224 e. The Morgan fingerprint density at radius 2 is 1.95 bits per heavy atom. The van der Waals surface area contributed by atoms with E-state index in [9.17, 15) is 4.79 Å². The van der Waals surface area contributed by atoms with Crippen LogP contribution in [0.3, 0.4) is 0 Å². The number of hydrogen-bond donors (Lipinski definition) is 2. The molecule has 1 amide bonds. The summed E-state index contributed by atoms with van der Waals surface area (Å²) in [5.74, 6) is 0.485. The molecular weight excluding hydrogens is 285 g/mol. The van der Waals surface area contributed by atoms with E-state index in [1.165, 1.54) is 19.4 Å². The molecule has 0 aromatic rings. The van der Waals surface area contributed by atoms with E-state index in [-0.39, 0.29) is 36.6 Å². The van der Waals surface area contributed by atoms with Crippen molar-refractivity contribution in [3.05, 3.63) is 0 Å². The second-order valence-corrected chi connectivity index (χ2v) is 5.76. The third-order valence-corrected chi connectivity index (χ3v) is 4.30. The standard InChI is InChI=1S/C13H23N3O.2ClH/c17-13(10-2-1-6-14-8-10)15-11-5-7-16(9-11)12-3-4-12;;/h10-12,14H,1-9H2,(H,15,17);2*1H/t10-,11?;;/m1../s1. The summed E-state index contributed by atoms with van der Waals surface area (Å²) in [5, 5.41) is 6.55. The zero-order valence-electron chi connectivity index (χ0n) is 11.3. The predicted molar refractivity (Wildman–Crippen MR) is 81.2 cm³/mol. The van der Waals surface area contributed by atoms with Gasteiger partial charge in [-0.05, 0) is 38.6 Å². The Bertz CT molecular complexity index is 294. The van der Waals surface area contributed by atoms with Crippen LogP contribution >= 0.6 is 24.8 Å². The van der Waals surface area contributed by atoms with Crippen LogP contribution in [-0.2, 0) is 4.79 Å². The molecule has 1 unspecified atom stereocenters. The second-order valence-electron chi connectivity index (χ2n) is 5.76. The monoisotopic (exact) mass is 309 g/mol. The number of piperidine rings is 1. The summed E-state index contributed by atoms with van der Waals surface area (Å²) in [6.07, 6.45) is 6.07. The number of hydrogen-bond acceptors (Lipinski definition) is 3. The largest absolute Gasteiger partial charge is 0.352 e. The molecule has 2 saturated heterocycles. The summed E-state index contributed by atoms with van der Waals surface area (Å²) in [6.45, 7) is 4.20. The molecule has 4 nitrogen and oxygen atoms in total. The SMILES string of the molecule is Cl.Cl.O=C(NC1CCN(C2CC2)C1)[C@@H]1CCCNC1. The van der Waals surface area contributed by atoms with Crippen molar-refractivity contribution in [2.45, 2.75) is 44.2 Å². The summed E-state index contributed by atoms with van der Waals surface area (Å²) in [5.41, 5.74) is 0. The molecular formula is C13H25Cl2N3O. The average Bonchev–Trinajstić information content (AvgIpc) is 3.12. The number of likely N-dealkylation sites (tertiary alicyclic amines) is 1. The van der Waals surface area contributed by atoms with Crippen LogP contribution in [0.15, 0.2) is 0 Å². The van der Waals surface area contributed by atoms with E-state index >= 15 is 0 Å². The smallest absolute Gasteiger partial charge is 0.224 e. The van der Waals surface area contributed by atoms with Crippen molar-refractivity contribution in [1.82, 2.24) is 15.5 Å². The van der Waals surface area contributed by atoms with E-state index in [1.807, 2.05) is 0 Å². The van der Waals surface area contributed by atoms with E-state index < -0.39 is 0 Å². The molecule has 1 saturated carbocycles. The Morgan fingerprint density at radius 1 is 1.16 bits per heavy atom. The summed E-state index contributed by atoms with van der Waals surface area (Å²) in [7, 11) is 0. The van der Waals surface area contributed by atoms with Gasteiger partial charge >= 0.3 is 0 Å². The van der Waals surface area contributed by atoms with Gasteiger partial charge in [0.1, 0.15) is 0 Å². The first-order valence-corrected chi connectivity index (χ1v) is 7.08. The van der Waals surface area contributed by atoms with E-state index in [4.69, 9.17) is 0 Å². The molecule has 3 fully saturated rings. The first-order valence-electron chi connectivity index (χ1n) is 7.08. The van der Waals surface area contributed by atoms with Crippen LogP contribution < -0.4 is 10.6 Å². The Balaban J connectivity index is 0.000000902. The highest BCUT2D eigenvalue weighted by Gasteiger charge is 2.35. The molecule has 3 rings (SSSR count). The number of rotatable bonds is 3. The topological polar surface area (TPSA) is 44.4 Å². The van der Waals surface area contributed by atoms with Crippen LogP contribution in [0.1, 0.15) is 32.1 Å². The van der Waals surface area contributed by atoms with E-state index in [0.717, 1.165) is 44.9 Å². The Kier molecular flexibility index (Phi) is 6.87. The van der Waals surface area contributed by atoms with Crippen LogP contribution in [-0.4, -0.2) is 49.1 Å². The molecule has 0 aromatic carbocycles. The fourth-order valence-electron chi connectivity index (χ4n) is 3.07. The maximum atomic E-state index is 12.1. The third-order valence-electron chi connectivity index (χ3n) is 4.30. The lowest BCUT2D eigenvalue weighted by molar-refractivity contribution is -0.126. The minimum atomic E-state index is 0. The van der Waals surface area contributed by atoms with E-state index in [0.29, 0.717) is 6.04 Å². The number of nitrogens with zero attached hydrogens (tertiary/aromatic N) is 1. The van der Waals surface area contributed by atoms with Crippen LogP contribution in [0.4, 0.5) is 0 Å². The molecule has 2 atom stereocenters. The summed E-state index contributed by atoms with van der Waals surface area (Å²) < 4.78 is 0. The van der Waals surface area contributed by atoms with E-state index in [1.54, 1.807) is 0 Å². The lowest BCUT2D eigenvalue weighted by Gasteiger charge is -2.24. The molecule has 6 heteroatoms. The molecule has 2 heterocycles. The van der Waals surface area contributed by atoms with Gasteiger partial charge in [-0.25, -0.2) is 0 Å².